The van der Waals surface area contributed by atoms with E-state index in [0.29, 0.717) is 31.7 Å². The highest BCUT2D eigenvalue weighted by Crippen LogP contribution is 2.30. The van der Waals surface area contributed by atoms with Crippen molar-refractivity contribution in [1.29, 1.82) is 0 Å². The first kappa shape index (κ1) is 36.0. The Hall–Kier alpha value is -3.06. The lowest BCUT2D eigenvalue weighted by molar-refractivity contribution is -0.121. The molecule has 0 radical (unpaired) electrons. The van der Waals surface area contributed by atoms with Gasteiger partial charge in [-0.2, -0.15) is 0 Å². The number of fused-ring (bicyclic) bond motifs is 1. The van der Waals surface area contributed by atoms with Gasteiger partial charge in [0.2, 0.25) is 5.91 Å². The number of carbonyl (C=O) groups excluding carboxylic acids is 2. The topological polar surface area (TPSA) is 85.9 Å². The molecule has 41 heavy (non-hydrogen) atoms. The van der Waals surface area contributed by atoms with E-state index in [-0.39, 0.29) is 5.91 Å². The van der Waals surface area contributed by atoms with Gasteiger partial charge in [0.05, 0.1) is 7.11 Å². The average molecular weight is 571 g/mol. The van der Waals surface area contributed by atoms with Crippen LogP contribution in [-0.2, 0) is 11.2 Å². The Bertz CT molecular complexity index is 943. The van der Waals surface area contributed by atoms with Gasteiger partial charge < -0.3 is 24.8 Å². The van der Waals surface area contributed by atoms with Crippen molar-refractivity contribution in [1.82, 2.24) is 10.6 Å². The number of ether oxygens (including phenoxy) is 3. The van der Waals surface area contributed by atoms with Crippen molar-refractivity contribution in [3.05, 3.63) is 53.6 Å². The fourth-order valence-electron chi connectivity index (χ4n) is 4.46. The van der Waals surface area contributed by atoms with Gasteiger partial charge in [0.15, 0.2) is 11.5 Å². The van der Waals surface area contributed by atoms with Crippen molar-refractivity contribution in [2.75, 3.05) is 33.9 Å². The second kappa shape index (κ2) is 23.6. The van der Waals surface area contributed by atoms with Crippen molar-refractivity contribution in [2.45, 2.75) is 97.4 Å². The molecular weight excluding hydrogens is 516 g/mol. The molecule has 0 spiro atoms. The van der Waals surface area contributed by atoms with Gasteiger partial charge in [0.1, 0.15) is 25.2 Å². The summed E-state index contributed by atoms with van der Waals surface area (Å²) in [6.45, 7) is 8.06. The van der Waals surface area contributed by atoms with Gasteiger partial charge in [0, 0.05) is 24.6 Å². The lowest BCUT2D eigenvalue weighted by Gasteiger charge is -2.20. The van der Waals surface area contributed by atoms with E-state index in [9.17, 15) is 9.59 Å². The summed E-state index contributed by atoms with van der Waals surface area (Å²) in [5.74, 6) is 2.55. The van der Waals surface area contributed by atoms with Gasteiger partial charge in [0.25, 0.3) is 0 Å². The predicted molar refractivity (Wildman–Crippen MR) is 169 cm³/mol. The molecule has 1 amide bonds. The molecule has 1 heterocycles. The van der Waals surface area contributed by atoms with E-state index in [2.05, 4.69) is 24.6 Å². The van der Waals surface area contributed by atoms with Crippen LogP contribution in [0.15, 0.2) is 42.5 Å². The van der Waals surface area contributed by atoms with E-state index >= 15 is 0 Å². The zero-order valence-corrected chi connectivity index (χ0v) is 26.1. The predicted octanol–water partition coefficient (Wildman–Crippen LogP) is 7.16. The lowest BCUT2D eigenvalue weighted by atomic mass is 9.96. The molecule has 0 saturated heterocycles. The number of hydrogen-bond acceptors (Lipinski definition) is 6. The zero-order chi connectivity index (χ0) is 30.1. The fourth-order valence-corrected chi connectivity index (χ4v) is 4.46. The summed E-state index contributed by atoms with van der Waals surface area (Å²) in [4.78, 5) is 21.8. The molecule has 230 valence electrons. The third kappa shape index (κ3) is 16.1. The first-order valence-corrected chi connectivity index (χ1v) is 15.5. The molecule has 1 aliphatic carbocycles. The smallest absolute Gasteiger partial charge is 0.220 e. The van der Waals surface area contributed by atoms with Crippen LogP contribution in [0.4, 0.5) is 0 Å². The van der Waals surface area contributed by atoms with Crippen LogP contribution < -0.4 is 24.8 Å². The second-order valence-corrected chi connectivity index (χ2v) is 9.90. The summed E-state index contributed by atoms with van der Waals surface area (Å²) in [5.41, 5.74) is 1.83. The zero-order valence-electron chi connectivity index (χ0n) is 26.1. The minimum atomic E-state index is 0.156. The van der Waals surface area contributed by atoms with Crippen molar-refractivity contribution < 1.29 is 23.8 Å². The highest BCUT2D eigenvalue weighted by Gasteiger charge is 2.12. The van der Waals surface area contributed by atoms with Crippen LogP contribution in [0.1, 0.15) is 101 Å². The molecule has 7 heteroatoms. The van der Waals surface area contributed by atoms with E-state index in [1.54, 1.807) is 31.4 Å². The highest BCUT2D eigenvalue weighted by atomic mass is 16.6. The Labute approximate surface area is 248 Å². The highest BCUT2D eigenvalue weighted by molar-refractivity contribution is 5.75. The molecule has 0 aromatic heterocycles. The molecule has 2 aromatic rings. The van der Waals surface area contributed by atoms with Gasteiger partial charge >= 0.3 is 0 Å². The Balaban J connectivity index is 0.000000347. The lowest BCUT2D eigenvalue weighted by Crippen LogP contribution is -2.26. The van der Waals surface area contributed by atoms with Crippen LogP contribution >= 0.6 is 0 Å². The molecule has 2 aromatic carbocycles. The van der Waals surface area contributed by atoms with E-state index in [4.69, 9.17) is 14.2 Å². The third-order valence-electron chi connectivity index (χ3n) is 6.87. The van der Waals surface area contributed by atoms with Crippen molar-refractivity contribution in [3.8, 4) is 17.2 Å². The largest absolute Gasteiger partial charge is 0.497 e. The molecule has 0 unspecified atom stereocenters. The first-order chi connectivity index (χ1) is 20.1. The SMILES string of the molecule is CC.CCCCCCC(=O)NCCc1ccc2c(c1)OCCO2.CNC1CCCCC1.COc1ccc(C=O)cc1. The maximum atomic E-state index is 11.7. The fraction of sp³-hybridized carbons (Fsp3) is 0.588. The quantitative estimate of drug-likeness (QED) is 0.220. The normalized spacial score (nSPS) is 13.6. The Morgan fingerprint density at radius 3 is 2.22 bits per heavy atom. The van der Waals surface area contributed by atoms with E-state index < -0.39 is 0 Å². The molecule has 0 atom stereocenters. The summed E-state index contributed by atoms with van der Waals surface area (Å²) in [6, 6.07) is 13.7. The van der Waals surface area contributed by atoms with E-state index in [0.717, 1.165) is 54.4 Å². The summed E-state index contributed by atoms with van der Waals surface area (Å²) < 4.78 is 15.9. The molecule has 0 bridgehead atoms. The Morgan fingerprint density at radius 1 is 0.951 bits per heavy atom. The van der Waals surface area contributed by atoms with Crippen LogP contribution in [0.2, 0.25) is 0 Å². The number of rotatable bonds is 11. The number of hydrogen-bond donors (Lipinski definition) is 2. The molecular formula is C34H54N2O5. The average Bonchev–Trinajstić information content (AvgIpc) is 3.05. The molecule has 1 fully saturated rings. The first-order valence-electron chi connectivity index (χ1n) is 15.5. The standard InChI is InChI=1S/C17H25NO3.C8H8O2.C7H15N.C2H6/c1-2-3-4-5-6-17(19)18-10-9-14-7-8-15-16(13-14)21-12-11-20-15;1-10-8-4-2-7(6-9)3-5-8;1-8-7-5-3-2-4-6-7;1-2/h7-8,13H,2-6,9-12H2,1H3,(H,18,19);2-6H,1H3;7-8H,2-6H2,1H3;1-2H3. The summed E-state index contributed by atoms with van der Waals surface area (Å²) in [7, 11) is 3.66. The number of benzene rings is 2. The van der Waals surface area contributed by atoms with Crippen LogP contribution in [-0.4, -0.2) is 52.2 Å². The van der Waals surface area contributed by atoms with Gasteiger partial charge in [-0.25, -0.2) is 0 Å². The molecule has 1 saturated carbocycles. The van der Waals surface area contributed by atoms with Crippen LogP contribution in [0.5, 0.6) is 17.2 Å². The van der Waals surface area contributed by atoms with E-state index in [1.807, 2.05) is 32.0 Å². The number of nitrogens with one attached hydrogen (secondary N) is 2. The Kier molecular flexibility index (Phi) is 20.7. The molecule has 2 aliphatic rings. The van der Waals surface area contributed by atoms with Gasteiger partial charge in [-0.05, 0) is 74.7 Å². The number of unbranched alkanes of at least 4 members (excludes halogenated alkanes) is 3. The minimum absolute atomic E-state index is 0.156. The van der Waals surface area contributed by atoms with Crippen LogP contribution in [0.3, 0.4) is 0 Å². The number of amides is 1. The van der Waals surface area contributed by atoms with Crippen LogP contribution in [0.25, 0.3) is 0 Å². The number of carbonyl (C=O) groups is 2. The Morgan fingerprint density at radius 2 is 1.63 bits per heavy atom. The molecule has 4 rings (SSSR count). The third-order valence-corrected chi connectivity index (χ3v) is 6.87. The van der Waals surface area contributed by atoms with Crippen molar-refractivity contribution >= 4 is 12.2 Å². The number of aldehydes is 1. The maximum Gasteiger partial charge on any atom is 0.220 e. The van der Waals surface area contributed by atoms with Crippen LogP contribution in [0, 0.1) is 0 Å². The monoisotopic (exact) mass is 570 g/mol. The van der Waals surface area contributed by atoms with Crippen molar-refractivity contribution in [3.63, 3.8) is 0 Å². The number of methoxy groups -OCH3 is 1. The maximum absolute atomic E-state index is 11.7. The van der Waals surface area contributed by atoms with Gasteiger partial charge in [-0.1, -0.05) is 65.4 Å². The minimum Gasteiger partial charge on any atom is -0.497 e. The molecule has 2 N–H and O–H groups in total. The van der Waals surface area contributed by atoms with Gasteiger partial charge in [-0.15, -0.1) is 0 Å². The van der Waals surface area contributed by atoms with Gasteiger partial charge in [-0.3, -0.25) is 9.59 Å². The summed E-state index contributed by atoms with van der Waals surface area (Å²) in [6.07, 6.45) is 13.9. The summed E-state index contributed by atoms with van der Waals surface area (Å²) >= 11 is 0. The summed E-state index contributed by atoms with van der Waals surface area (Å²) in [5, 5.41) is 6.28. The molecule has 1 aliphatic heterocycles. The van der Waals surface area contributed by atoms with Crippen molar-refractivity contribution in [2.24, 2.45) is 0 Å². The molecule has 7 nitrogen and oxygen atoms in total. The second-order valence-electron chi connectivity index (χ2n) is 9.90. The van der Waals surface area contributed by atoms with E-state index in [1.165, 1.54) is 44.9 Å².